The predicted octanol–water partition coefficient (Wildman–Crippen LogP) is 3.21. The number of nitrogens with one attached hydrogen (secondary N) is 1. The quantitative estimate of drug-likeness (QED) is 0.833. The normalized spacial score (nSPS) is 10.9. The van der Waals surface area contributed by atoms with Crippen LogP contribution in [-0.2, 0) is 6.42 Å². The van der Waals surface area contributed by atoms with Gasteiger partial charge in [-0.1, -0.05) is 12.1 Å². The second kappa shape index (κ2) is 5.45. The van der Waals surface area contributed by atoms with E-state index in [1.807, 2.05) is 18.2 Å². The van der Waals surface area contributed by atoms with Crippen molar-refractivity contribution >= 4 is 5.69 Å². The van der Waals surface area contributed by atoms with Crippen LogP contribution in [0.4, 0.5) is 14.5 Å². The lowest BCUT2D eigenvalue weighted by Gasteiger charge is -2.11. The van der Waals surface area contributed by atoms with E-state index in [-0.39, 0.29) is 13.0 Å². The summed E-state index contributed by atoms with van der Waals surface area (Å²) in [6.45, 7) is 1.14. The molecule has 0 unspecified atom stereocenters. The number of benzene rings is 1. The molecule has 86 valence electrons. The van der Waals surface area contributed by atoms with E-state index in [1.54, 1.807) is 12.1 Å². The van der Waals surface area contributed by atoms with E-state index >= 15 is 0 Å². The molecule has 0 heterocycles. The van der Waals surface area contributed by atoms with Crippen LogP contribution in [0.1, 0.15) is 18.9 Å². The fraction of sp³-hybridized carbons (Fsp3) is 0.417. The zero-order valence-corrected chi connectivity index (χ0v) is 9.13. The minimum atomic E-state index is -2.63. The molecule has 0 bridgehead atoms. The van der Waals surface area contributed by atoms with Crippen LogP contribution >= 0.6 is 0 Å². The van der Waals surface area contributed by atoms with E-state index in [1.165, 1.54) is 0 Å². The number of hydrogen-bond donors (Lipinski definition) is 1. The number of hydrogen-bond acceptors (Lipinski definition) is 2. The van der Waals surface area contributed by atoms with Gasteiger partial charge >= 0.3 is 0 Å². The summed E-state index contributed by atoms with van der Waals surface area (Å²) in [5.74, 6) is -2.63. The van der Waals surface area contributed by atoms with Gasteiger partial charge in [-0.25, -0.2) is 8.78 Å². The van der Waals surface area contributed by atoms with Crippen molar-refractivity contribution in [2.75, 3.05) is 11.9 Å². The maximum Gasteiger partial charge on any atom is 0.247 e. The highest BCUT2D eigenvalue weighted by atomic mass is 19.3. The average Bonchev–Trinajstić information content (AvgIpc) is 2.19. The molecular formula is C12H14F2N2. The van der Waals surface area contributed by atoms with E-state index in [4.69, 9.17) is 5.26 Å². The minimum absolute atomic E-state index is 0.188. The number of nitrogens with zero attached hydrogens (tertiary/aromatic N) is 1. The number of alkyl halides is 2. The molecule has 16 heavy (non-hydrogen) atoms. The minimum Gasteiger partial charge on any atom is -0.385 e. The van der Waals surface area contributed by atoms with Crippen LogP contribution in [0.5, 0.6) is 0 Å². The van der Waals surface area contributed by atoms with E-state index in [0.29, 0.717) is 6.42 Å². The van der Waals surface area contributed by atoms with Crippen molar-refractivity contribution in [3.63, 3.8) is 0 Å². The molecule has 0 aliphatic rings. The van der Waals surface area contributed by atoms with Crippen molar-refractivity contribution in [3.05, 3.63) is 29.8 Å². The SMILES string of the molecule is CC(F)(F)CCNc1ccc(CC#N)cc1. The number of halogens is 2. The molecule has 0 aromatic heterocycles. The van der Waals surface area contributed by atoms with Gasteiger partial charge in [-0.15, -0.1) is 0 Å². The Morgan fingerprint density at radius 3 is 2.44 bits per heavy atom. The van der Waals surface area contributed by atoms with E-state index in [2.05, 4.69) is 5.32 Å². The van der Waals surface area contributed by atoms with Gasteiger partial charge < -0.3 is 5.32 Å². The van der Waals surface area contributed by atoms with Gasteiger partial charge in [-0.3, -0.25) is 0 Å². The molecule has 0 atom stereocenters. The van der Waals surface area contributed by atoms with E-state index in [9.17, 15) is 8.78 Å². The largest absolute Gasteiger partial charge is 0.385 e. The first-order valence-electron chi connectivity index (χ1n) is 5.09. The van der Waals surface area contributed by atoms with Gasteiger partial charge in [-0.2, -0.15) is 5.26 Å². The van der Waals surface area contributed by atoms with Crippen molar-refractivity contribution in [2.45, 2.75) is 25.7 Å². The summed E-state index contributed by atoms with van der Waals surface area (Å²) < 4.78 is 25.0. The molecule has 1 aromatic carbocycles. The summed E-state index contributed by atoms with van der Waals surface area (Å²) in [6.07, 6.45) is 0.181. The zero-order valence-electron chi connectivity index (χ0n) is 9.13. The fourth-order valence-corrected chi connectivity index (χ4v) is 1.26. The molecule has 0 saturated heterocycles. The van der Waals surface area contributed by atoms with Gasteiger partial charge in [0.2, 0.25) is 5.92 Å². The van der Waals surface area contributed by atoms with Crippen LogP contribution in [0.15, 0.2) is 24.3 Å². The maximum atomic E-state index is 12.5. The number of anilines is 1. The van der Waals surface area contributed by atoms with Gasteiger partial charge in [0.15, 0.2) is 0 Å². The lowest BCUT2D eigenvalue weighted by Crippen LogP contribution is -2.15. The zero-order chi connectivity index (χ0) is 12.0. The molecule has 0 spiro atoms. The van der Waals surface area contributed by atoms with Crippen molar-refractivity contribution in [1.82, 2.24) is 0 Å². The standard InChI is InChI=1S/C12H14F2N2/c1-12(13,14)7-9-16-11-4-2-10(3-5-11)6-8-15/h2-5,16H,6-7,9H2,1H3. The molecule has 1 aromatic rings. The highest BCUT2D eigenvalue weighted by molar-refractivity contribution is 5.44. The van der Waals surface area contributed by atoms with Crippen LogP contribution in [0.3, 0.4) is 0 Å². The second-order valence-corrected chi connectivity index (χ2v) is 3.78. The predicted molar refractivity (Wildman–Crippen MR) is 59.5 cm³/mol. The molecule has 0 amide bonds. The Labute approximate surface area is 93.9 Å². The Balaban J connectivity index is 2.41. The molecule has 2 nitrogen and oxygen atoms in total. The Hall–Kier alpha value is -1.63. The molecule has 1 N–H and O–H groups in total. The molecule has 0 saturated carbocycles. The van der Waals surface area contributed by atoms with Crippen molar-refractivity contribution in [3.8, 4) is 6.07 Å². The Kier molecular flexibility index (Phi) is 4.24. The van der Waals surface area contributed by atoms with E-state index in [0.717, 1.165) is 18.2 Å². The summed E-state index contributed by atoms with van der Waals surface area (Å²) in [5, 5.41) is 11.4. The monoisotopic (exact) mass is 224 g/mol. The van der Waals surface area contributed by atoms with Crippen LogP contribution in [0.2, 0.25) is 0 Å². The first-order chi connectivity index (χ1) is 7.51. The smallest absolute Gasteiger partial charge is 0.247 e. The van der Waals surface area contributed by atoms with Gasteiger partial charge in [0.1, 0.15) is 0 Å². The fourth-order valence-electron chi connectivity index (χ4n) is 1.26. The van der Waals surface area contributed by atoms with Gasteiger partial charge in [0, 0.05) is 18.7 Å². The number of nitriles is 1. The van der Waals surface area contributed by atoms with Crippen molar-refractivity contribution < 1.29 is 8.78 Å². The maximum absolute atomic E-state index is 12.5. The lowest BCUT2D eigenvalue weighted by molar-refractivity contribution is 0.0167. The molecule has 0 radical (unpaired) electrons. The highest BCUT2D eigenvalue weighted by Gasteiger charge is 2.19. The van der Waals surface area contributed by atoms with Crippen LogP contribution < -0.4 is 5.32 Å². The Bertz CT molecular complexity index is 360. The molecular weight excluding hydrogens is 210 g/mol. The van der Waals surface area contributed by atoms with Gasteiger partial charge in [0.25, 0.3) is 0 Å². The van der Waals surface area contributed by atoms with Gasteiger partial charge in [-0.05, 0) is 24.6 Å². The molecule has 4 heteroatoms. The lowest BCUT2D eigenvalue weighted by atomic mass is 10.1. The summed E-state index contributed by atoms with van der Waals surface area (Å²) in [5.41, 5.74) is 1.72. The molecule has 0 aliphatic heterocycles. The highest BCUT2D eigenvalue weighted by Crippen LogP contribution is 2.17. The molecule has 0 aliphatic carbocycles. The summed E-state index contributed by atoms with van der Waals surface area (Å²) >= 11 is 0. The van der Waals surface area contributed by atoms with Crippen LogP contribution in [-0.4, -0.2) is 12.5 Å². The topological polar surface area (TPSA) is 35.8 Å². The van der Waals surface area contributed by atoms with Crippen molar-refractivity contribution in [1.29, 1.82) is 5.26 Å². The molecule has 0 fully saturated rings. The first-order valence-corrected chi connectivity index (χ1v) is 5.09. The second-order valence-electron chi connectivity index (χ2n) is 3.78. The third kappa shape index (κ3) is 4.74. The molecule has 1 rings (SSSR count). The number of rotatable bonds is 5. The van der Waals surface area contributed by atoms with Crippen LogP contribution in [0.25, 0.3) is 0 Å². The summed E-state index contributed by atoms with van der Waals surface area (Å²) in [7, 11) is 0. The van der Waals surface area contributed by atoms with E-state index < -0.39 is 5.92 Å². The summed E-state index contributed by atoms with van der Waals surface area (Å²) in [6, 6.07) is 9.26. The first kappa shape index (κ1) is 12.4. The van der Waals surface area contributed by atoms with Crippen LogP contribution in [0, 0.1) is 11.3 Å². The Morgan fingerprint density at radius 1 is 1.31 bits per heavy atom. The third-order valence-electron chi connectivity index (χ3n) is 2.13. The third-order valence-corrected chi connectivity index (χ3v) is 2.13. The average molecular weight is 224 g/mol. The Morgan fingerprint density at radius 2 is 1.94 bits per heavy atom. The summed E-state index contributed by atoms with van der Waals surface area (Å²) in [4.78, 5) is 0. The van der Waals surface area contributed by atoms with Gasteiger partial charge in [0.05, 0.1) is 12.5 Å². The van der Waals surface area contributed by atoms with Crippen molar-refractivity contribution in [2.24, 2.45) is 0 Å².